The molecule has 3 heterocycles. The van der Waals surface area contributed by atoms with E-state index in [2.05, 4.69) is 15.3 Å². The van der Waals surface area contributed by atoms with E-state index in [1.54, 1.807) is 24.3 Å². The van der Waals surface area contributed by atoms with Crippen LogP contribution in [0.5, 0.6) is 11.5 Å². The molecule has 2 amide bonds. The van der Waals surface area contributed by atoms with E-state index in [0.29, 0.717) is 10.9 Å². The minimum absolute atomic E-state index is 0.0639. The van der Waals surface area contributed by atoms with Crippen LogP contribution in [-0.2, 0) is 9.59 Å². The molecule has 7 nitrogen and oxygen atoms in total. The second-order valence-corrected chi connectivity index (χ2v) is 8.63. The van der Waals surface area contributed by atoms with Crippen LogP contribution in [0, 0.1) is 5.92 Å². The minimum Gasteiger partial charge on any atom is -0.457 e. The predicted molar refractivity (Wildman–Crippen MR) is 123 cm³/mol. The second-order valence-electron chi connectivity index (χ2n) is 7.60. The van der Waals surface area contributed by atoms with Crippen LogP contribution in [0.4, 0.5) is 5.13 Å². The Bertz CT molecular complexity index is 1280. The smallest absolute Gasteiger partial charge is 0.232 e. The van der Waals surface area contributed by atoms with Gasteiger partial charge in [0.1, 0.15) is 11.5 Å². The number of carbonyl (C=O) groups excluding carboxylic acids is 2. The number of carbonyl (C=O) groups is 2. The number of hydrogen-bond acceptors (Lipinski definition) is 6. The summed E-state index contributed by atoms with van der Waals surface area (Å²) in [5.74, 6) is 0.647. The van der Waals surface area contributed by atoms with Crippen molar-refractivity contribution in [2.24, 2.45) is 5.92 Å². The van der Waals surface area contributed by atoms with Gasteiger partial charge >= 0.3 is 0 Å². The van der Waals surface area contributed by atoms with E-state index < -0.39 is 5.92 Å². The standard InChI is InChI=1S/C24H20N4O3S/c1-28-21(29)13-18(22(28)15-6-5-11-25-14-15)23(30)27-24-26-19-10-9-17(12-20(19)32-24)31-16-7-3-2-4-8-16/h2-12,14,18,22H,13H2,1H3,(H,26,27,30). The lowest BCUT2D eigenvalue weighted by Crippen LogP contribution is -2.30. The van der Waals surface area contributed by atoms with E-state index in [1.807, 2.05) is 60.7 Å². The van der Waals surface area contributed by atoms with Gasteiger partial charge in [0.05, 0.1) is 22.2 Å². The average molecular weight is 445 g/mol. The Hall–Kier alpha value is -3.78. The highest BCUT2D eigenvalue weighted by molar-refractivity contribution is 7.22. The molecule has 2 aromatic heterocycles. The molecule has 0 radical (unpaired) electrons. The summed E-state index contributed by atoms with van der Waals surface area (Å²) in [5.41, 5.74) is 1.61. The first-order chi connectivity index (χ1) is 15.6. The number of nitrogens with one attached hydrogen (secondary N) is 1. The van der Waals surface area contributed by atoms with Crippen LogP contribution in [0.3, 0.4) is 0 Å². The Morgan fingerprint density at radius 3 is 2.75 bits per heavy atom. The van der Waals surface area contributed by atoms with Crippen LogP contribution in [0.2, 0.25) is 0 Å². The van der Waals surface area contributed by atoms with Crippen molar-refractivity contribution in [2.75, 3.05) is 12.4 Å². The zero-order valence-electron chi connectivity index (χ0n) is 17.3. The molecule has 32 heavy (non-hydrogen) atoms. The molecule has 160 valence electrons. The zero-order chi connectivity index (χ0) is 22.1. The number of aromatic nitrogens is 2. The Labute approximate surface area is 188 Å². The van der Waals surface area contributed by atoms with Gasteiger partial charge in [-0.15, -0.1) is 0 Å². The molecule has 0 aliphatic carbocycles. The molecule has 1 N–H and O–H groups in total. The van der Waals surface area contributed by atoms with Crippen LogP contribution in [0.1, 0.15) is 18.0 Å². The minimum atomic E-state index is -0.513. The van der Waals surface area contributed by atoms with E-state index in [1.165, 1.54) is 11.3 Å². The highest BCUT2D eigenvalue weighted by Crippen LogP contribution is 2.38. The first kappa shape index (κ1) is 20.1. The normalized spacial score (nSPS) is 18.2. The number of benzene rings is 2. The molecular formula is C24H20N4O3S. The van der Waals surface area contributed by atoms with E-state index in [9.17, 15) is 9.59 Å². The van der Waals surface area contributed by atoms with Crippen LogP contribution >= 0.6 is 11.3 Å². The van der Waals surface area contributed by atoms with Gasteiger partial charge < -0.3 is 15.0 Å². The Kier molecular flexibility index (Phi) is 5.28. The Morgan fingerprint density at radius 1 is 1.12 bits per heavy atom. The third-order valence-electron chi connectivity index (χ3n) is 5.52. The highest BCUT2D eigenvalue weighted by Gasteiger charge is 2.43. The average Bonchev–Trinajstić information content (AvgIpc) is 3.34. The first-order valence-electron chi connectivity index (χ1n) is 10.2. The third kappa shape index (κ3) is 3.92. The predicted octanol–water partition coefficient (Wildman–Crippen LogP) is 4.64. The number of anilines is 1. The molecule has 2 aromatic carbocycles. The zero-order valence-corrected chi connectivity index (χ0v) is 18.1. The maximum atomic E-state index is 13.1. The van der Waals surface area contributed by atoms with Gasteiger partial charge in [-0.2, -0.15) is 0 Å². The van der Waals surface area contributed by atoms with Crippen molar-refractivity contribution >= 4 is 38.5 Å². The largest absolute Gasteiger partial charge is 0.457 e. The van der Waals surface area contributed by atoms with Gasteiger partial charge in [0.25, 0.3) is 0 Å². The fraction of sp³-hybridized carbons (Fsp3) is 0.167. The lowest BCUT2D eigenvalue weighted by molar-refractivity contribution is -0.127. The van der Waals surface area contributed by atoms with Gasteiger partial charge in [0.15, 0.2) is 5.13 Å². The Morgan fingerprint density at radius 2 is 1.97 bits per heavy atom. The van der Waals surface area contributed by atoms with Gasteiger partial charge in [-0.1, -0.05) is 35.6 Å². The third-order valence-corrected chi connectivity index (χ3v) is 6.45. The topological polar surface area (TPSA) is 84.4 Å². The summed E-state index contributed by atoms with van der Waals surface area (Å²) in [5, 5.41) is 3.41. The summed E-state index contributed by atoms with van der Waals surface area (Å²) in [7, 11) is 1.72. The fourth-order valence-electron chi connectivity index (χ4n) is 3.96. The van der Waals surface area contributed by atoms with Crippen molar-refractivity contribution < 1.29 is 14.3 Å². The van der Waals surface area contributed by atoms with Crippen molar-refractivity contribution in [2.45, 2.75) is 12.5 Å². The summed E-state index contributed by atoms with van der Waals surface area (Å²) in [6.07, 6.45) is 3.53. The molecule has 2 unspecified atom stereocenters. The van der Waals surface area contributed by atoms with Crippen molar-refractivity contribution in [3.63, 3.8) is 0 Å². The molecule has 1 fully saturated rings. The molecule has 5 rings (SSSR count). The first-order valence-corrected chi connectivity index (χ1v) is 11.0. The van der Waals surface area contributed by atoms with E-state index >= 15 is 0 Å². The molecule has 8 heteroatoms. The molecular weight excluding hydrogens is 424 g/mol. The fourth-order valence-corrected chi connectivity index (χ4v) is 4.85. The Balaban J connectivity index is 1.35. The van der Waals surface area contributed by atoms with Gasteiger partial charge in [-0.25, -0.2) is 4.98 Å². The van der Waals surface area contributed by atoms with Gasteiger partial charge in [0.2, 0.25) is 11.8 Å². The van der Waals surface area contributed by atoms with Gasteiger partial charge in [-0.05, 0) is 35.9 Å². The quantitative estimate of drug-likeness (QED) is 0.485. The summed E-state index contributed by atoms with van der Waals surface area (Å²) in [4.78, 5) is 35.7. The molecule has 0 bridgehead atoms. The number of pyridine rings is 1. The summed E-state index contributed by atoms with van der Waals surface area (Å²) in [6, 6.07) is 18.5. The van der Waals surface area contributed by atoms with E-state index in [-0.39, 0.29) is 24.3 Å². The molecule has 1 aliphatic heterocycles. The molecule has 0 saturated carbocycles. The summed E-state index contributed by atoms with van der Waals surface area (Å²) < 4.78 is 6.79. The summed E-state index contributed by atoms with van der Waals surface area (Å²) >= 11 is 1.37. The van der Waals surface area contributed by atoms with Crippen LogP contribution in [0.25, 0.3) is 10.2 Å². The lowest BCUT2D eigenvalue weighted by atomic mass is 9.94. The van der Waals surface area contributed by atoms with Crippen LogP contribution in [-0.4, -0.2) is 33.7 Å². The number of thiazole rings is 1. The van der Waals surface area contributed by atoms with Crippen molar-refractivity contribution in [3.8, 4) is 11.5 Å². The molecule has 4 aromatic rings. The number of ether oxygens (including phenoxy) is 1. The van der Waals surface area contributed by atoms with Gasteiger partial charge in [-0.3, -0.25) is 14.6 Å². The number of fused-ring (bicyclic) bond motifs is 1. The van der Waals surface area contributed by atoms with Gasteiger partial charge in [0, 0.05) is 31.9 Å². The lowest BCUT2D eigenvalue weighted by Gasteiger charge is -2.24. The van der Waals surface area contributed by atoms with E-state index in [0.717, 1.165) is 21.5 Å². The number of nitrogens with zero attached hydrogens (tertiary/aromatic N) is 3. The number of hydrogen-bond donors (Lipinski definition) is 1. The number of likely N-dealkylation sites (tertiary alicyclic amines) is 1. The molecule has 2 atom stereocenters. The number of rotatable bonds is 5. The van der Waals surface area contributed by atoms with E-state index in [4.69, 9.17) is 4.74 Å². The van der Waals surface area contributed by atoms with Crippen molar-refractivity contribution in [3.05, 3.63) is 78.6 Å². The maximum Gasteiger partial charge on any atom is 0.232 e. The number of para-hydroxylation sites is 1. The SMILES string of the molecule is CN1C(=O)CC(C(=O)Nc2nc3ccc(Oc4ccccc4)cc3s2)C1c1cccnc1. The summed E-state index contributed by atoms with van der Waals surface area (Å²) in [6.45, 7) is 0. The van der Waals surface area contributed by atoms with Crippen molar-refractivity contribution in [1.82, 2.24) is 14.9 Å². The highest BCUT2D eigenvalue weighted by atomic mass is 32.1. The monoisotopic (exact) mass is 444 g/mol. The molecule has 0 spiro atoms. The maximum absolute atomic E-state index is 13.1. The van der Waals surface area contributed by atoms with Crippen LogP contribution < -0.4 is 10.1 Å². The number of amides is 2. The van der Waals surface area contributed by atoms with Crippen molar-refractivity contribution in [1.29, 1.82) is 0 Å². The van der Waals surface area contributed by atoms with Crippen LogP contribution in [0.15, 0.2) is 73.1 Å². The molecule has 1 aliphatic rings. The second kappa shape index (κ2) is 8.39. The molecule has 1 saturated heterocycles.